The summed E-state index contributed by atoms with van der Waals surface area (Å²) in [7, 11) is -4.15. The van der Waals surface area contributed by atoms with E-state index in [1.807, 2.05) is 0 Å². The summed E-state index contributed by atoms with van der Waals surface area (Å²) >= 11 is 3.22. The first-order valence-electron chi connectivity index (χ1n) is 5.84. The van der Waals surface area contributed by atoms with Crippen LogP contribution >= 0.6 is 15.9 Å². The highest BCUT2D eigenvalue weighted by Gasteiger charge is 2.43. The van der Waals surface area contributed by atoms with Gasteiger partial charge in [-0.3, -0.25) is 10.0 Å². The van der Waals surface area contributed by atoms with Crippen LogP contribution in [-0.4, -0.2) is 24.5 Å². The molecule has 114 valence electrons. The predicted molar refractivity (Wildman–Crippen MR) is 80.0 cm³/mol. The molecule has 0 bridgehead atoms. The number of hydrogen-bond acceptors (Lipinski definition) is 7. The zero-order valence-corrected chi connectivity index (χ0v) is 13.1. The second-order valence-corrected chi connectivity index (χ2v) is 6.99. The standard InChI is InChI=1S/C12H7BrN3O5S/c13-7-1-3-8(4-2-7)15-12(17)10-5-9(16(18)19)6-14-11(10)22(15,20)21/h1-6,18H/q-1. The zero-order chi connectivity index (χ0) is 16.1. The van der Waals surface area contributed by atoms with Gasteiger partial charge in [0.05, 0.1) is 23.1 Å². The molecule has 8 nitrogen and oxygen atoms in total. The van der Waals surface area contributed by atoms with Crippen molar-refractivity contribution in [1.82, 2.24) is 4.98 Å². The third-order valence-electron chi connectivity index (χ3n) is 3.02. The van der Waals surface area contributed by atoms with Gasteiger partial charge in [0, 0.05) is 4.47 Å². The Kier molecular flexibility index (Phi) is 3.40. The fraction of sp³-hybridized carbons (Fsp3) is 0. The average Bonchev–Trinajstić information content (AvgIpc) is 2.67. The van der Waals surface area contributed by atoms with Gasteiger partial charge in [-0.05, 0) is 30.3 Å². The molecular formula is C12H7BrN3O5S-. The number of pyridine rings is 1. The molecule has 1 aromatic carbocycles. The topological polar surface area (TPSA) is 114 Å². The molecular weight excluding hydrogens is 378 g/mol. The van der Waals surface area contributed by atoms with Gasteiger partial charge in [-0.25, -0.2) is 4.98 Å². The van der Waals surface area contributed by atoms with Crippen molar-refractivity contribution < 1.29 is 18.4 Å². The van der Waals surface area contributed by atoms with E-state index in [0.717, 1.165) is 16.7 Å². The van der Waals surface area contributed by atoms with Crippen LogP contribution in [0.3, 0.4) is 0 Å². The highest BCUT2D eigenvalue weighted by Crippen LogP contribution is 2.35. The van der Waals surface area contributed by atoms with Gasteiger partial charge in [-0.2, -0.15) is 12.7 Å². The smallest absolute Gasteiger partial charge is 0.289 e. The van der Waals surface area contributed by atoms with Crippen LogP contribution < -0.4 is 9.53 Å². The Morgan fingerprint density at radius 1 is 1.27 bits per heavy atom. The predicted octanol–water partition coefficient (Wildman–Crippen LogP) is 1.89. The van der Waals surface area contributed by atoms with Crippen LogP contribution in [0.4, 0.5) is 11.4 Å². The van der Waals surface area contributed by atoms with Crippen LogP contribution in [0.2, 0.25) is 0 Å². The SMILES string of the molecule is O=C1c2cc(N([O-])O)cnc2S(=O)(=O)N1c1ccc(Br)cc1. The first-order chi connectivity index (χ1) is 10.3. The molecule has 0 unspecified atom stereocenters. The van der Waals surface area contributed by atoms with Gasteiger partial charge in [-0.15, -0.1) is 0 Å². The Morgan fingerprint density at radius 3 is 2.50 bits per heavy atom. The summed E-state index contributed by atoms with van der Waals surface area (Å²) in [4.78, 5) is 16.0. The molecule has 0 saturated heterocycles. The van der Waals surface area contributed by atoms with E-state index in [1.54, 1.807) is 12.1 Å². The number of sulfonamides is 1. The minimum Gasteiger partial charge on any atom is -0.733 e. The first-order valence-corrected chi connectivity index (χ1v) is 8.07. The minimum absolute atomic E-state index is 0.149. The van der Waals surface area contributed by atoms with Crippen LogP contribution in [-0.2, 0) is 10.0 Å². The third kappa shape index (κ3) is 2.16. The number of aromatic nitrogens is 1. The molecule has 10 heteroatoms. The molecule has 0 spiro atoms. The van der Waals surface area contributed by atoms with Crippen LogP contribution in [0.1, 0.15) is 10.4 Å². The summed E-state index contributed by atoms with van der Waals surface area (Å²) in [5, 5.41) is 18.8. The Bertz CT molecular complexity index is 867. The molecule has 1 amide bonds. The van der Waals surface area contributed by atoms with Crippen molar-refractivity contribution in [3.8, 4) is 0 Å². The third-order valence-corrected chi connectivity index (χ3v) is 5.22. The van der Waals surface area contributed by atoms with Crippen molar-refractivity contribution in [1.29, 1.82) is 0 Å². The Labute approximate surface area is 133 Å². The highest BCUT2D eigenvalue weighted by molar-refractivity contribution is 9.10. The van der Waals surface area contributed by atoms with Gasteiger partial charge < -0.3 is 10.4 Å². The maximum atomic E-state index is 12.4. The lowest BCUT2D eigenvalue weighted by Crippen LogP contribution is -2.29. The summed E-state index contributed by atoms with van der Waals surface area (Å²) in [5.41, 5.74) is -0.453. The van der Waals surface area contributed by atoms with Crippen molar-refractivity contribution in [2.75, 3.05) is 9.53 Å². The minimum atomic E-state index is -4.15. The number of benzene rings is 1. The normalized spacial score (nSPS) is 15.8. The monoisotopic (exact) mass is 384 g/mol. The summed E-state index contributed by atoms with van der Waals surface area (Å²) < 4.78 is 26.2. The number of nitrogens with zero attached hydrogens (tertiary/aromatic N) is 3. The summed E-state index contributed by atoms with van der Waals surface area (Å²) in [5.74, 6) is -0.839. The fourth-order valence-electron chi connectivity index (χ4n) is 2.04. The molecule has 2 aromatic rings. The van der Waals surface area contributed by atoms with Crippen LogP contribution in [0.25, 0.3) is 0 Å². The number of carbonyl (C=O) groups is 1. The Morgan fingerprint density at radius 2 is 1.91 bits per heavy atom. The Balaban J connectivity index is 2.16. The van der Waals surface area contributed by atoms with E-state index in [1.165, 1.54) is 12.1 Å². The number of anilines is 2. The van der Waals surface area contributed by atoms with Gasteiger partial charge in [0.2, 0.25) is 0 Å². The van der Waals surface area contributed by atoms with E-state index in [4.69, 9.17) is 5.21 Å². The number of halogens is 1. The maximum absolute atomic E-state index is 12.4. The highest BCUT2D eigenvalue weighted by atomic mass is 79.9. The average molecular weight is 385 g/mol. The lowest BCUT2D eigenvalue weighted by atomic mass is 10.2. The van der Waals surface area contributed by atoms with Gasteiger partial charge in [0.25, 0.3) is 15.9 Å². The molecule has 1 aliphatic heterocycles. The van der Waals surface area contributed by atoms with Crippen molar-refractivity contribution >= 4 is 43.2 Å². The molecule has 1 aliphatic rings. The molecule has 22 heavy (non-hydrogen) atoms. The Hall–Kier alpha value is -2.01. The molecule has 0 fully saturated rings. The molecule has 3 rings (SSSR count). The van der Waals surface area contributed by atoms with Gasteiger partial charge in [-0.1, -0.05) is 15.9 Å². The van der Waals surface area contributed by atoms with E-state index in [0.29, 0.717) is 4.31 Å². The van der Waals surface area contributed by atoms with E-state index in [-0.39, 0.29) is 16.9 Å². The molecule has 0 aliphatic carbocycles. The molecule has 1 aromatic heterocycles. The molecule has 1 N–H and O–H groups in total. The zero-order valence-electron chi connectivity index (χ0n) is 10.7. The molecule has 0 atom stereocenters. The van der Waals surface area contributed by atoms with Crippen molar-refractivity contribution in [3.05, 3.63) is 51.8 Å². The molecule has 2 heterocycles. The second kappa shape index (κ2) is 5.02. The van der Waals surface area contributed by atoms with Crippen molar-refractivity contribution in [2.24, 2.45) is 0 Å². The number of amides is 1. The van der Waals surface area contributed by atoms with E-state index < -0.39 is 26.2 Å². The van der Waals surface area contributed by atoms with Crippen LogP contribution in [0.15, 0.2) is 46.0 Å². The lowest BCUT2D eigenvalue weighted by molar-refractivity contribution is 0.101. The van der Waals surface area contributed by atoms with Crippen molar-refractivity contribution in [2.45, 2.75) is 5.03 Å². The molecule has 0 saturated carbocycles. The largest absolute Gasteiger partial charge is 0.733 e. The summed E-state index contributed by atoms with van der Waals surface area (Å²) in [6.07, 6.45) is 0.877. The van der Waals surface area contributed by atoms with E-state index >= 15 is 0 Å². The maximum Gasteiger partial charge on any atom is 0.289 e. The summed E-state index contributed by atoms with van der Waals surface area (Å²) in [6, 6.07) is 7.07. The quantitative estimate of drug-likeness (QED) is 0.786. The van der Waals surface area contributed by atoms with E-state index in [9.17, 15) is 18.4 Å². The number of rotatable bonds is 2. The molecule has 0 radical (unpaired) electrons. The van der Waals surface area contributed by atoms with Gasteiger partial charge in [0.15, 0.2) is 5.03 Å². The fourth-order valence-corrected chi connectivity index (χ4v) is 3.81. The first kappa shape index (κ1) is 14.9. The van der Waals surface area contributed by atoms with Gasteiger partial charge in [0.1, 0.15) is 0 Å². The second-order valence-electron chi connectivity index (χ2n) is 4.37. The van der Waals surface area contributed by atoms with Crippen molar-refractivity contribution in [3.63, 3.8) is 0 Å². The number of fused-ring (bicyclic) bond motifs is 1. The number of carbonyl (C=O) groups excluding carboxylic acids is 1. The van der Waals surface area contributed by atoms with Crippen LogP contribution in [0.5, 0.6) is 0 Å². The lowest BCUT2D eigenvalue weighted by Gasteiger charge is -2.20. The van der Waals surface area contributed by atoms with E-state index in [2.05, 4.69) is 20.9 Å². The number of hydrogen-bond donors (Lipinski definition) is 1. The summed E-state index contributed by atoms with van der Waals surface area (Å²) in [6.45, 7) is 0. The van der Waals surface area contributed by atoms with Gasteiger partial charge >= 0.3 is 0 Å². The van der Waals surface area contributed by atoms with Crippen LogP contribution in [0, 0.1) is 5.21 Å².